The lowest BCUT2D eigenvalue weighted by atomic mass is 9.33. The quantitative estimate of drug-likeness (QED) is 0.170. The summed E-state index contributed by atoms with van der Waals surface area (Å²) in [5.74, 6) is 0. The molecule has 7 aromatic carbocycles. The molecule has 0 N–H and O–H groups in total. The van der Waals surface area contributed by atoms with E-state index in [0.29, 0.717) is 0 Å². The first-order valence-electron chi connectivity index (χ1n) is 16.8. The SMILES string of the molecule is C=Cc1ccc(-c2cccc(N3c4ccccc4B4c5ccc(-c6ccc(C=C)cc6)cc5N(c5ccccc5)c5cccc3c54)c2)cc1. The number of fused-ring (bicyclic) bond motifs is 4. The molecule has 0 saturated heterocycles. The fourth-order valence-corrected chi connectivity index (χ4v) is 7.64. The Hall–Kier alpha value is -6.32. The summed E-state index contributed by atoms with van der Waals surface area (Å²) in [6, 6.07) is 59.7. The summed E-state index contributed by atoms with van der Waals surface area (Å²) in [4.78, 5) is 4.91. The Balaban J connectivity index is 1.26. The molecule has 0 spiro atoms. The van der Waals surface area contributed by atoms with Crippen LogP contribution < -0.4 is 26.2 Å². The van der Waals surface area contributed by atoms with Crippen LogP contribution in [0.1, 0.15) is 11.1 Å². The van der Waals surface area contributed by atoms with Crippen LogP contribution in [0, 0.1) is 0 Å². The van der Waals surface area contributed by atoms with Crippen molar-refractivity contribution in [2.24, 2.45) is 0 Å². The van der Waals surface area contributed by atoms with E-state index in [9.17, 15) is 0 Å². The van der Waals surface area contributed by atoms with Crippen LogP contribution in [0.4, 0.5) is 34.1 Å². The molecule has 2 aliphatic rings. The molecule has 230 valence electrons. The molecule has 0 saturated carbocycles. The van der Waals surface area contributed by atoms with Crippen LogP contribution in [0.25, 0.3) is 34.4 Å². The summed E-state index contributed by atoms with van der Waals surface area (Å²) >= 11 is 0. The summed E-state index contributed by atoms with van der Waals surface area (Å²) < 4.78 is 0. The van der Waals surface area contributed by atoms with Gasteiger partial charge >= 0.3 is 0 Å². The lowest BCUT2D eigenvalue weighted by Gasteiger charge is -2.44. The number of anilines is 6. The third kappa shape index (κ3) is 4.74. The van der Waals surface area contributed by atoms with Crippen molar-refractivity contribution in [1.82, 2.24) is 0 Å². The zero-order valence-electron chi connectivity index (χ0n) is 27.1. The normalized spacial score (nSPS) is 12.5. The first-order valence-corrected chi connectivity index (χ1v) is 16.8. The molecule has 2 nitrogen and oxygen atoms in total. The van der Waals surface area contributed by atoms with Gasteiger partial charge in [0.15, 0.2) is 0 Å². The summed E-state index contributed by atoms with van der Waals surface area (Å²) in [5, 5.41) is 0. The zero-order valence-corrected chi connectivity index (χ0v) is 27.1. The lowest BCUT2D eigenvalue weighted by molar-refractivity contribution is 1.25. The van der Waals surface area contributed by atoms with Crippen LogP contribution in [0.5, 0.6) is 0 Å². The minimum Gasteiger partial charge on any atom is -0.311 e. The highest BCUT2D eigenvalue weighted by Crippen LogP contribution is 2.44. The lowest BCUT2D eigenvalue weighted by Crippen LogP contribution is -2.61. The molecule has 49 heavy (non-hydrogen) atoms. The van der Waals surface area contributed by atoms with Crippen LogP contribution in [-0.2, 0) is 0 Å². The van der Waals surface area contributed by atoms with E-state index in [1.807, 2.05) is 12.2 Å². The van der Waals surface area contributed by atoms with E-state index in [1.165, 1.54) is 61.4 Å². The maximum atomic E-state index is 3.94. The van der Waals surface area contributed by atoms with E-state index in [1.54, 1.807) is 0 Å². The Kier molecular flexibility index (Phi) is 6.91. The molecule has 0 aliphatic carbocycles. The van der Waals surface area contributed by atoms with Gasteiger partial charge in [-0.15, -0.1) is 0 Å². The van der Waals surface area contributed by atoms with Crippen molar-refractivity contribution < 1.29 is 0 Å². The Bertz CT molecular complexity index is 2360. The van der Waals surface area contributed by atoms with Crippen LogP contribution in [0.3, 0.4) is 0 Å². The molecule has 2 heterocycles. The third-order valence-corrected chi connectivity index (χ3v) is 9.98. The van der Waals surface area contributed by atoms with Crippen LogP contribution in [-0.4, -0.2) is 6.71 Å². The molecule has 0 bridgehead atoms. The molecule has 0 aromatic heterocycles. The standard InChI is InChI=1S/C46H33BN2/c1-3-32-20-24-34(25-21-32)36-12-10-15-39(30-36)49-42-17-9-8-16-40(42)47-41-29-28-37(35-26-22-33(4-2)23-27-35)31-45(41)48(38-13-6-5-7-14-38)43-18-11-19-44(49)46(43)47/h3-31H,1-2H2. The van der Waals surface area contributed by atoms with Gasteiger partial charge in [0.1, 0.15) is 0 Å². The number of para-hydroxylation sites is 2. The van der Waals surface area contributed by atoms with Crippen LogP contribution in [0.15, 0.2) is 177 Å². The van der Waals surface area contributed by atoms with E-state index in [-0.39, 0.29) is 6.71 Å². The van der Waals surface area contributed by atoms with Crippen molar-refractivity contribution in [3.8, 4) is 22.3 Å². The Labute approximate surface area is 288 Å². The largest absolute Gasteiger partial charge is 0.311 e. The van der Waals surface area contributed by atoms with E-state index < -0.39 is 0 Å². The van der Waals surface area contributed by atoms with E-state index in [0.717, 1.165) is 22.5 Å². The maximum absolute atomic E-state index is 3.94. The predicted octanol–water partition coefficient (Wildman–Crippen LogP) is 10.4. The smallest absolute Gasteiger partial charge is 0.252 e. The molecule has 3 heteroatoms. The number of nitrogens with zero attached hydrogens (tertiary/aromatic N) is 2. The number of rotatable bonds is 6. The second-order valence-electron chi connectivity index (χ2n) is 12.7. The van der Waals surface area contributed by atoms with Gasteiger partial charge in [0, 0.05) is 34.1 Å². The average molecular weight is 625 g/mol. The summed E-state index contributed by atoms with van der Waals surface area (Å²) in [7, 11) is 0. The van der Waals surface area contributed by atoms with Crippen molar-refractivity contribution >= 4 is 69.4 Å². The highest BCUT2D eigenvalue weighted by molar-refractivity contribution is 7.00. The van der Waals surface area contributed by atoms with Crippen molar-refractivity contribution in [2.45, 2.75) is 0 Å². The molecular formula is C46H33BN2. The molecule has 9 rings (SSSR count). The Morgan fingerprint density at radius 3 is 1.57 bits per heavy atom. The number of hydrogen-bond acceptors (Lipinski definition) is 2. The second kappa shape index (κ2) is 11.7. The monoisotopic (exact) mass is 624 g/mol. The highest BCUT2D eigenvalue weighted by Gasteiger charge is 2.43. The molecule has 0 fully saturated rings. The van der Waals surface area contributed by atoms with Gasteiger partial charge in [-0.2, -0.15) is 0 Å². The van der Waals surface area contributed by atoms with Gasteiger partial charge in [-0.1, -0.05) is 141 Å². The van der Waals surface area contributed by atoms with Gasteiger partial charge in [0.2, 0.25) is 0 Å². The molecule has 0 atom stereocenters. The second-order valence-corrected chi connectivity index (χ2v) is 12.7. The summed E-state index contributed by atoms with van der Waals surface area (Å²) in [6.07, 6.45) is 3.78. The van der Waals surface area contributed by atoms with Gasteiger partial charge in [0.25, 0.3) is 6.71 Å². The molecule has 0 amide bonds. The van der Waals surface area contributed by atoms with Crippen molar-refractivity contribution in [3.63, 3.8) is 0 Å². The maximum Gasteiger partial charge on any atom is 0.252 e. The average Bonchev–Trinajstić information content (AvgIpc) is 3.18. The minimum absolute atomic E-state index is 0.0837. The van der Waals surface area contributed by atoms with E-state index in [4.69, 9.17) is 0 Å². The fraction of sp³-hybridized carbons (Fsp3) is 0. The minimum atomic E-state index is 0.0837. The molecule has 0 unspecified atom stereocenters. The first-order chi connectivity index (χ1) is 24.2. The third-order valence-electron chi connectivity index (χ3n) is 9.98. The molecule has 7 aromatic rings. The van der Waals surface area contributed by atoms with Gasteiger partial charge < -0.3 is 9.80 Å². The fourth-order valence-electron chi connectivity index (χ4n) is 7.64. The van der Waals surface area contributed by atoms with Crippen LogP contribution in [0.2, 0.25) is 0 Å². The van der Waals surface area contributed by atoms with E-state index >= 15 is 0 Å². The number of hydrogen-bond donors (Lipinski definition) is 0. The van der Waals surface area contributed by atoms with Crippen molar-refractivity contribution in [1.29, 1.82) is 0 Å². The van der Waals surface area contributed by atoms with E-state index in [2.05, 4.69) is 187 Å². The predicted molar refractivity (Wildman–Crippen MR) is 212 cm³/mol. The molecular weight excluding hydrogens is 591 g/mol. The van der Waals surface area contributed by atoms with Crippen molar-refractivity contribution in [3.05, 3.63) is 188 Å². The topological polar surface area (TPSA) is 6.48 Å². The molecule has 2 aliphatic heterocycles. The van der Waals surface area contributed by atoms with Gasteiger partial charge in [0.05, 0.1) is 0 Å². The zero-order chi connectivity index (χ0) is 32.9. The summed E-state index contributed by atoms with van der Waals surface area (Å²) in [5.41, 5.74) is 18.0. The highest BCUT2D eigenvalue weighted by atomic mass is 15.2. The summed E-state index contributed by atoms with van der Waals surface area (Å²) in [6.45, 7) is 7.95. The van der Waals surface area contributed by atoms with Gasteiger partial charge in [-0.05, 0) is 98.3 Å². The van der Waals surface area contributed by atoms with Gasteiger partial charge in [-0.3, -0.25) is 0 Å². The van der Waals surface area contributed by atoms with Crippen LogP contribution >= 0.6 is 0 Å². The Morgan fingerprint density at radius 2 is 0.898 bits per heavy atom. The Morgan fingerprint density at radius 1 is 0.388 bits per heavy atom. The van der Waals surface area contributed by atoms with Crippen molar-refractivity contribution in [2.75, 3.05) is 9.80 Å². The first kappa shape index (κ1) is 28.9. The molecule has 0 radical (unpaired) electrons. The number of benzene rings is 7. The van der Waals surface area contributed by atoms with Gasteiger partial charge in [-0.25, -0.2) is 0 Å².